The summed E-state index contributed by atoms with van der Waals surface area (Å²) < 4.78 is 37.4. The number of fused-ring (bicyclic) bond motifs is 3. The molecule has 42 heavy (non-hydrogen) atoms. The van der Waals surface area contributed by atoms with Gasteiger partial charge in [-0.2, -0.15) is 9.97 Å². The highest BCUT2D eigenvalue weighted by molar-refractivity contribution is 5.93. The van der Waals surface area contributed by atoms with Crippen molar-refractivity contribution in [1.29, 1.82) is 0 Å². The lowest BCUT2D eigenvalue weighted by Gasteiger charge is -2.32. The average molecular weight is 575 g/mol. The number of alkyl halides is 1. The van der Waals surface area contributed by atoms with Crippen LogP contribution in [0.2, 0.25) is 0 Å². The predicted molar refractivity (Wildman–Crippen MR) is 164 cm³/mol. The topological polar surface area (TPSA) is 57.1 Å². The molecule has 3 saturated heterocycles. The average Bonchev–Trinajstić information content (AvgIpc) is 3.42. The first kappa shape index (κ1) is 27.5. The van der Waals surface area contributed by atoms with Crippen LogP contribution in [0, 0.1) is 11.7 Å². The van der Waals surface area contributed by atoms with Crippen molar-refractivity contribution in [2.24, 2.45) is 10.9 Å². The number of ether oxygens (including phenoxy) is 1. The summed E-state index contributed by atoms with van der Waals surface area (Å²) in [5, 5.41) is 0.696. The van der Waals surface area contributed by atoms with Crippen LogP contribution < -0.4 is 14.5 Å². The standard InChI is InChI=1S/C33H40F2N6O/c1-36-20-23-7-4-15-39(18-13-23)31-26-11-12-28(41-17-5-9-24-8-2-3-10-27(24)41)29(35)30(26)37-32(38-31)42-22-33-14-6-16-40(33)21-25(34)19-33/h2-3,8,10-12,20,23,25H,4-7,9,13-19,21-22H2,1H3/b36-20-/t23?,25-,33+/m1/s1. The molecule has 7 nitrogen and oxygen atoms in total. The molecule has 0 saturated carbocycles. The number of hydrogen-bond acceptors (Lipinski definition) is 7. The van der Waals surface area contributed by atoms with Crippen LogP contribution in [-0.4, -0.2) is 79.2 Å². The molecule has 5 heterocycles. The van der Waals surface area contributed by atoms with E-state index in [1.165, 1.54) is 5.56 Å². The van der Waals surface area contributed by atoms with Gasteiger partial charge in [-0.05, 0) is 81.2 Å². The summed E-state index contributed by atoms with van der Waals surface area (Å²) in [6.45, 7) is 4.03. The Labute approximate surface area is 246 Å². The Morgan fingerprint density at radius 1 is 1.02 bits per heavy atom. The van der Waals surface area contributed by atoms with Crippen molar-refractivity contribution in [3.8, 4) is 6.01 Å². The summed E-state index contributed by atoms with van der Waals surface area (Å²) in [5.74, 6) is 0.785. The lowest BCUT2D eigenvalue weighted by atomic mass is 9.95. The molecule has 1 aromatic heterocycles. The maximum atomic E-state index is 16.6. The van der Waals surface area contributed by atoms with Crippen molar-refractivity contribution < 1.29 is 13.5 Å². The Kier molecular flexibility index (Phi) is 7.46. The highest BCUT2D eigenvalue weighted by Crippen LogP contribution is 2.42. The molecule has 9 heteroatoms. The molecule has 0 radical (unpaired) electrons. The van der Waals surface area contributed by atoms with Gasteiger partial charge in [-0.3, -0.25) is 4.90 Å². The molecule has 1 unspecified atom stereocenters. The summed E-state index contributed by atoms with van der Waals surface area (Å²) in [4.78, 5) is 20.4. The van der Waals surface area contributed by atoms with Gasteiger partial charge in [0.15, 0.2) is 5.82 Å². The Hall–Kier alpha value is -3.33. The zero-order valence-electron chi connectivity index (χ0n) is 24.4. The normalized spacial score (nSPS) is 26.5. The molecule has 2 aromatic carbocycles. The Balaban J connectivity index is 1.28. The van der Waals surface area contributed by atoms with Crippen LogP contribution in [0.4, 0.5) is 26.0 Å². The van der Waals surface area contributed by atoms with Crippen molar-refractivity contribution >= 4 is 34.3 Å². The molecule has 7 rings (SSSR count). The fourth-order valence-corrected chi connectivity index (χ4v) is 7.75. The van der Waals surface area contributed by atoms with Crippen molar-refractivity contribution in [2.45, 2.75) is 63.1 Å². The van der Waals surface area contributed by atoms with Gasteiger partial charge in [0.25, 0.3) is 0 Å². The minimum absolute atomic E-state index is 0.173. The second kappa shape index (κ2) is 11.4. The van der Waals surface area contributed by atoms with Crippen LogP contribution in [0.25, 0.3) is 10.9 Å². The maximum absolute atomic E-state index is 16.6. The number of anilines is 3. The number of hydrogen-bond donors (Lipinski definition) is 0. The van der Waals surface area contributed by atoms with E-state index in [9.17, 15) is 4.39 Å². The first-order valence-corrected chi connectivity index (χ1v) is 15.6. The number of benzene rings is 2. The first-order chi connectivity index (χ1) is 20.5. The summed E-state index contributed by atoms with van der Waals surface area (Å²) in [6, 6.07) is 12.3. The lowest BCUT2D eigenvalue weighted by Crippen LogP contribution is -2.43. The van der Waals surface area contributed by atoms with Crippen molar-refractivity contribution in [2.75, 3.05) is 56.2 Å². The minimum atomic E-state index is -0.842. The van der Waals surface area contributed by atoms with Crippen molar-refractivity contribution in [1.82, 2.24) is 14.9 Å². The molecular weight excluding hydrogens is 534 g/mol. The number of halogens is 2. The van der Waals surface area contributed by atoms with Gasteiger partial charge in [0, 0.05) is 56.9 Å². The smallest absolute Gasteiger partial charge is 0.319 e. The van der Waals surface area contributed by atoms with Gasteiger partial charge in [0.1, 0.15) is 24.1 Å². The third kappa shape index (κ3) is 4.99. The molecule has 0 amide bonds. The van der Waals surface area contributed by atoms with E-state index < -0.39 is 6.17 Å². The van der Waals surface area contributed by atoms with Gasteiger partial charge < -0.3 is 19.5 Å². The van der Waals surface area contributed by atoms with Gasteiger partial charge in [0.2, 0.25) is 0 Å². The van der Waals surface area contributed by atoms with Gasteiger partial charge >= 0.3 is 6.01 Å². The van der Waals surface area contributed by atoms with E-state index in [1.54, 1.807) is 0 Å². The number of aromatic nitrogens is 2. The summed E-state index contributed by atoms with van der Waals surface area (Å²) in [6.07, 6.45) is 8.57. The van der Waals surface area contributed by atoms with Crippen LogP contribution in [0.15, 0.2) is 41.4 Å². The molecule has 0 aliphatic carbocycles. The van der Waals surface area contributed by atoms with Crippen molar-refractivity contribution in [3.05, 3.63) is 47.8 Å². The fourth-order valence-electron chi connectivity index (χ4n) is 7.75. The number of rotatable bonds is 6. The summed E-state index contributed by atoms with van der Waals surface area (Å²) in [7, 11) is 1.83. The number of nitrogens with zero attached hydrogens (tertiary/aromatic N) is 6. The SMILES string of the molecule is C/N=C\C1CCCN(c2nc(OC[C@@]34CCCN3C[C@H](F)C4)nc3c(F)c(N4CCCc5ccccc54)ccc23)CC1. The van der Waals surface area contributed by atoms with Crippen LogP contribution in [0.5, 0.6) is 6.01 Å². The lowest BCUT2D eigenvalue weighted by molar-refractivity contribution is 0.107. The van der Waals surface area contributed by atoms with E-state index in [0.29, 0.717) is 42.4 Å². The largest absolute Gasteiger partial charge is 0.461 e. The highest BCUT2D eigenvalue weighted by atomic mass is 19.1. The molecule has 222 valence electrons. The highest BCUT2D eigenvalue weighted by Gasteiger charge is 2.49. The van der Waals surface area contributed by atoms with Gasteiger partial charge in [-0.25, -0.2) is 8.78 Å². The van der Waals surface area contributed by atoms with Gasteiger partial charge in [0.05, 0.1) is 11.2 Å². The molecule has 0 N–H and O–H groups in total. The summed E-state index contributed by atoms with van der Waals surface area (Å²) >= 11 is 0. The van der Waals surface area contributed by atoms with Crippen LogP contribution >= 0.6 is 0 Å². The fraction of sp³-hybridized carbons (Fsp3) is 0.545. The zero-order valence-corrected chi connectivity index (χ0v) is 24.4. The molecule has 0 spiro atoms. The number of aliphatic imine (C=N–C) groups is 1. The van der Waals surface area contributed by atoms with Crippen LogP contribution in [0.1, 0.15) is 50.5 Å². The summed E-state index contributed by atoms with van der Waals surface area (Å²) in [5.41, 5.74) is 2.75. The molecular formula is C33H40F2N6O. The third-order valence-electron chi connectivity index (χ3n) is 9.81. The van der Waals surface area contributed by atoms with E-state index in [2.05, 4.69) is 31.8 Å². The maximum Gasteiger partial charge on any atom is 0.319 e. The molecule has 4 aliphatic heterocycles. The second-order valence-electron chi connectivity index (χ2n) is 12.5. The molecule has 4 aliphatic rings. The van der Waals surface area contributed by atoms with Gasteiger partial charge in [-0.15, -0.1) is 0 Å². The Morgan fingerprint density at radius 2 is 1.93 bits per heavy atom. The monoisotopic (exact) mass is 574 g/mol. The predicted octanol–water partition coefficient (Wildman–Crippen LogP) is 6.12. The first-order valence-electron chi connectivity index (χ1n) is 15.6. The quantitative estimate of drug-likeness (QED) is 0.331. The van der Waals surface area contributed by atoms with Crippen molar-refractivity contribution in [3.63, 3.8) is 0 Å². The molecule has 3 fully saturated rings. The van der Waals surface area contributed by atoms with Crippen LogP contribution in [0.3, 0.4) is 0 Å². The van der Waals surface area contributed by atoms with E-state index >= 15 is 4.39 Å². The van der Waals surface area contributed by atoms with E-state index in [-0.39, 0.29) is 22.9 Å². The Bertz CT molecular complexity index is 1480. The molecule has 3 aromatic rings. The van der Waals surface area contributed by atoms with E-state index in [1.807, 2.05) is 37.5 Å². The third-order valence-corrected chi connectivity index (χ3v) is 9.81. The number of aryl methyl sites for hydroxylation is 1. The second-order valence-corrected chi connectivity index (χ2v) is 12.5. The number of para-hydroxylation sites is 1. The minimum Gasteiger partial charge on any atom is -0.461 e. The molecule has 0 bridgehead atoms. The van der Waals surface area contributed by atoms with E-state index in [0.717, 1.165) is 76.8 Å². The van der Waals surface area contributed by atoms with E-state index in [4.69, 9.17) is 14.7 Å². The van der Waals surface area contributed by atoms with Gasteiger partial charge in [-0.1, -0.05) is 18.2 Å². The zero-order chi connectivity index (χ0) is 28.7. The Morgan fingerprint density at radius 3 is 2.83 bits per heavy atom. The van der Waals surface area contributed by atoms with Crippen LogP contribution in [-0.2, 0) is 6.42 Å². The molecule has 3 atom stereocenters.